The summed E-state index contributed by atoms with van der Waals surface area (Å²) in [6, 6.07) is 6.35. The van der Waals surface area contributed by atoms with Crippen LogP contribution in [0.3, 0.4) is 0 Å². The highest BCUT2D eigenvalue weighted by atomic mass is 32.2. The fraction of sp³-hybridized carbons (Fsp3) is 0.471. The van der Waals surface area contributed by atoms with E-state index >= 15 is 0 Å². The van der Waals surface area contributed by atoms with E-state index in [-0.39, 0.29) is 10.8 Å². The summed E-state index contributed by atoms with van der Waals surface area (Å²) in [6.45, 7) is 3.70. The van der Waals surface area contributed by atoms with Gasteiger partial charge in [0.1, 0.15) is 0 Å². The molecule has 3 rings (SSSR count). The van der Waals surface area contributed by atoms with Crippen LogP contribution in [0.2, 0.25) is 0 Å². The second kappa shape index (κ2) is 5.54. The van der Waals surface area contributed by atoms with E-state index in [9.17, 15) is 13.2 Å². The normalized spacial score (nSPS) is 24.8. The molecule has 0 spiro atoms. The minimum absolute atomic E-state index is 0.0578. The molecule has 4 nitrogen and oxygen atoms in total. The van der Waals surface area contributed by atoms with Gasteiger partial charge in [0.05, 0.1) is 4.90 Å². The van der Waals surface area contributed by atoms with Crippen molar-refractivity contribution in [2.75, 3.05) is 19.3 Å². The van der Waals surface area contributed by atoms with Gasteiger partial charge in [-0.2, -0.15) is 0 Å². The Hall–Kier alpha value is -1.62. The zero-order valence-electron chi connectivity index (χ0n) is 13.0. The van der Waals surface area contributed by atoms with Gasteiger partial charge in [-0.15, -0.1) is 0 Å². The molecule has 0 saturated carbocycles. The summed E-state index contributed by atoms with van der Waals surface area (Å²) in [7, 11) is -3.29. The second-order valence-electron chi connectivity index (χ2n) is 6.52. The van der Waals surface area contributed by atoms with Gasteiger partial charge in [0.15, 0.2) is 9.84 Å². The highest BCUT2D eigenvalue weighted by Crippen LogP contribution is 2.36. The van der Waals surface area contributed by atoms with Crippen molar-refractivity contribution in [1.29, 1.82) is 0 Å². The molecule has 1 aromatic rings. The Balaban J connectivity index is 1.79. The fourth-order valence-corrected chi connectivity index (χ4v) is 4.16. The molecule has 1 amide bonds. The molecule has 0 N–H and O–H groups in total. The molecule has 118 valence electrons. The molecular weight excluding hydrogens is 298 g/mol. The van der Waals surface area contributed by atoms with Gasteiger partial charge in [0, 0.05) is 24.9 Å². The van der Waals surface area contributed by atoms with Crippen LogP contribution in [0.5, 0.6) is 0 Å². The second-order valence-corrected chi connectivity index (χ2v) is 8.54. The summed E-state index contributed by atoms with van der Waals surface area (Å²) >= 11 is 0. The predicted octanol–water partition coefficient (Wildman–Crippen LogP) is 2.52. The number of rotatable bonds is 2. The van der Waals surface area contributed by atoms with Crippen molar-refractivity contribution in [2.24, 2.45) is 11.8 Å². The molecule has 1 aliphatic heterocycles. The van der Waals surface area contributed by atoms with E-state index in [2.05, 4.69) is 13.0 Å². The SMILES string of the molecule is CC1=CC[C@H]2CN(C(=O)c3cccc(S(C)(=O)=O)c3)C[C@H]2C1. The number of fused-ring (bicyclic) bond motifs is 1. The van der Waals surface area contributed by atoms with E-state index < -0.39 is 9.84 Å². The molecule has 1 fully saturated rings. The van der Waals surface area contributed by atoms with Crippen molar-refractivity contribution in [3.63, 3.8) is 0 Å². The molecule has 1 aromatic carbocycles. The monoisotopic (exact) mass is 319 g/mol. The number of likely N-dealkylation sites (tertiary alicyclic amines) is 1. The number of benzene rings is 1. The van der Waals surface area contributed by atoms with Gasteiger partial charge in [0.2, 0.25) is 0 Å². The lowest BCUT2D eigenvalue weighted by atomic mass is 9.83. The van der Waals surface area contributed by atoms with Crippen molar-refractivity contribution in [2.45, 2.75) is 24.7 Å². The van der Waals surface area contributed by atoms with Gasteiger partial charge in [-0.25, -0.2) is 8.42 Å². The molecule has 2 atom stereocenters. The van der Waals surface area contributed by atoms with Crippen LogP contribution in [0.15, 0.2) is 40.8 Å². The lowest BCUT2D eigenvalue weighted by Crippen LogP contribution is -2.29. The van der Waals surface area contributed by atoms with Crippen LogP contribution in [0.25, 0.3) is 0 Å². The van der Waals surface area contributed by atoms with Crippen LogP contribution < -0.4 is 0 Å². The first-order valence-corrected chi connectivity index (χ1v) is 9.49. The summed E-state index contributed by atoms with van der Waals surface area (Å²) in [5.74, 6) is 1.04. The maximum absolute atomic E-state index is 12.7. The minimum atomic E-state index is -3.29. The average Bonchev–Trinajstić information content (AvgIpc) is 2.88. The summed E-state index contributed by atoms with van der Waals surface area (Å²) in [6.07, 6.45) is 5.55. The number of amides is 1. The largest absolute Gasteiger partial charge is 0.338 e. The Bertz CT molecular complexity index is 736. The van der Waals surface area contributed by atoms with Gasteiger partial charge < -0.3 is 4.90 Å². The van der Waals surface area contributed by atoms with Crippen molar-refractivity contribution < 1.29 is 13.2 Å². The minimum Gasteiger partial charge on any atom is -0.338 e. The average molecular weight is 319 g/mol. The van der Waals surface area contributed by atoms with Crippen LogP contribution in [-0.2, 0) is 9.84 Å². The number of hydrogen-bond acceptors (Lipinski definition) is 3. The van der Waals surface area contributed by atoms with E-state index in [0.29, 0.717) is 17.4 Å². The number of nitrogens with zero attached hydrogens (tertiary/aromatic N) is 1. The summed E-state index contributed by atoms with van der Waals surface area (Å²) in [5.41, 5.74) is 1.88. The predicted molar refractivity (Wildman–Crippen MR) is 85.4 cm³/mol. The van der Waals surface area contributed by atoms with Crippen LogP contribution in [0.1, 0.15) is 30.1 Å². The quantitative estimate of drug-likeness (QED) is 0.787. The molecule has 0 aromatic heterocycles. The smallest absolute Gasteiger partial charge is 0.253 e. The Labute approximate surface area is 131 Å². The zero-order valence-corrected chi connectivity index (χ0v) is 13.8. The van der Waals surface area contributed by atoms with E-state index in [1.807, 2.05) is 4.90 Å². The van der Waals surface area contributed by atoms with Gasteiger partial charge in [-0.1, -0.05) is 17.7 Å². The van der Waals surface area contributed by atoms with E-state index in [1.54, 1.807) is 12.1 Å². The Morgan fingerprint density at radius 3 is 2.68 bits per heavy atom. The standard InChI is InChI=1S/C17H21NO3S/c1-12-6-7-14-10-18(11-15(14)8-12)17(19)13-4-3-5-16(9-13)22(2,20)21/h3-6,9,14-15H,7-8,10-11H2,1-2H3/t14-,15+/m0/s1. The van der Waals surface area contributed by atoms with Gasteiger partial charge >= 0.3 is 0 Å². The lowest BCUT2D eigenvalue weighted by Gasteiger charge is -2.21. The van der Waals surface area contributed by atoms with E-state index in [4.69, 9.17) is 0 Å². The molecule has 22 heavy (non-hydrogen) atoms. The van der Waals surface area contributed by atoms with Crippen molar-refractivity contribution in [1.82, 2.24) is 4.90 Å². The third kappa shape index (κ3) is 2.95. The van der Waals surface area contributed by atoms with Gasteiger partial charge in [0.25, 0.3) is 5.91 Å². The molecule has 1 aliphatic carbocycles. The highest BCUT2D eigenvalue weighted by molar-refractivity contribution is 7.90. The number of sulfone groups is 1. The summed E-state index contributed by atoms with van der Waals surface area (Å²) < 4.78 is 23.3. The highest BCUT2D eigenvalue weighted by Gasteiger charge is 2.36. The Morgan fingerprint density at radius 1 is 1.23 bits per heavy atom. The Morgan fingerprint density at radius 2 is 1.95 bits per heavy atom. The zero-order chi connectivity index (χ0) is 15.9. The first-order chi connectivity index (χ1) is 10.3. The maximum atomic E-state index is 12.7. The van der Waals surface area contributed by atoms with Gasteiger partial charge in [-0.05, 0) is 49.8 Å². The number of carbonyl (C=O) groups excluding carboxylic acids is 1. The first kappa shape index (κ1) is 15.3. The molecule has 0 unspecified atom stereocenters. The van der Waals surface area contributed by atoms with Gasteiger partial charge in [-0.3, -0.25) is 4.79 Å². The van der Waals surface area contributed by atoms with Crippen LogP contribution in [0.4, 0.5) is 0 Å². The van der Waals surface area contributed by atoms with Crippen molar-refractivity contribution in [3.8, 4) is 0 Å². The molecule has 5 heteroatoms. The van der Waals surface area contributed by atoms with Crippen molar-refractivity contribution >= 4 is 15.7 Å². The topological polar surface area (TPSA) is 54.5 Å². The summed E-state index contributed by atoms with van der Waals surface area (Å²) in [4.78, 5) is 14.7. The molecule has 1 saturated heterocycles. The molecule has 2 aliphatic rings. The first-order valence-electron chi connectivity index (χ1n) is 7.59. The molecular formula is C17H21NO3S. The third-order valence-electron chi connectivity index (χ3n) is 4.73. The number of allylic oxidation sites excluding steroid dienone is 2. The van der Waals surface area contributed by atoms with E-state index in [0.717, 1.165) is 32.2 Å². The fourth-order valence-electron chi connectivity index (χ4n) is 3.49. The molecule has 0 bridgehead atoms. The lowest BCUT2D eigenvalue weighted by molar-refractivity contribution is 0.0784. The van der Waals surface area contributed by atoms with Crippen LogP contribution in [0, 0.1) is 11.8 Å². The maximum Gasteiger partial charge on any atom is 0.253 e. The number of carbonyl (C=O) groups is 1. The van der Waals surface area contributed by atoms with Crippen LogP contribution >= 0.6 is 0 Å². The van der Waals surface area contributed by atoms with Crippen LogP contribution in [-0.4, -0.2) is 38.6 Å². The summed E-state index contributed by atoms with van der Waals surface area (Å²) in [5, 5.41) is 0. The molecule has 1 heterocycles. The molecule has 0 radical (unpaired) electrons. The number of hydrogen-bond donors (Lipinski definition) is 0. The van der Waals surface area contributed by atoms with E-state index in [1.165, 1.54) is 17.7 Å². The van der Waals surface area contributed by atoms with Crippen molar-refractivity contribution in [3.05, 3.63) is 41.5 Å². The third-order valence-corrected chi connectivity index (χ3v) is 5.84. The Kier molecular flexibility index (Phi) is 3.85.